The molecule has 2 rings (SSSR count). The van der Waals surface area contributed by atoms with Gasteiger partial charge >= 0.3 is 0 Å². The van der Waals surface area contributed by atoms with Crippen LogP contribution >= 0.6 is 47.8 Å². The minimum Gasteiger partial charge on any atom is -0.549 e. The minimum absolute atomic E-state index is 0.286. The minimum atomic E-state index is -1.11. The van der Waals surface area contributed by atoms with E-state index in [0.29, 0.717) is 0 Å². The van der Waals surface area contributed by atoms with Crippen LogP contribution in [0.1, 0.15) is 34.4 Å². The van der Waals surface area contributed by atoms with Gasteiger partial charge in [-0.3, -0.25) is 0 Å². The van der Waals surface area contributed by atoms with Gasteiger partial charge in [0, 0.05) is 4.47 Å². The molecule has 0 amide bonds. The van der Waals surface area contributed by atoms with Crippen LogP contribution in [0.2, 0.25) is 0 Å². The molecule has 0 heterocycles. The van der Waals surface area contributed by atoms with E-state index in [0.717, 1.165) is 22.9 Å². The van der Waals surface area contributed by atoms with E-state index in [1.54, 1.807) is 0 Å². The maximum Gasteiger partial charge on any atom is 0.0707 e. The molecule has 0 bridgehead atoms. The van der Waals surface area contributed by atoms with Gasteiger partial charge in [-0.15, -0.1) is 0 Å². The van der Waals surface area contributed by atoms with Crippen molar-refractivity contribution in [1.82, 2.24) is 0 Å². The average Bonchev–Trinajstić information content (AvgIpc) is 2.36. The summed E-state index contributed by atoms with van der Waals surface area (Å²) in [7, 11) is 0. The SMILES string of the molecule is O=C([O-])C(Br)C(Br)c1cc(Br)c2c(c1)CCCC2. The summed E-state index contributed by atoms with van der Waals surface area (Å²) >= 11 is 10.2. The number of aliphatic carboxylic acids is 1. The van der Waals surface area contributed by atoms with Gasteiger partial charge < -0.3 is 9.90 Å². The van der Waals surface area contributed by atoms with E-state index >= 15 is 0 Å². The van der Waals surface area contributed by atoms with Gasteiger partial charge in [0.2, 0.25) is 0 Å². The fourth-order valence-electron chi connectivity index (χ4n) is 2.28. The molecule has 0 saturated heterocycles. The van der Waals surface area contributed by atoms with E-state index in [9.17, 15) is 9.90 Å². The van der Waals surface area contributed by atoms with E-state index in [1.807, 2.05) is 6.07 Å². The Bertz CT molecular complexity index is 474. The van der Waals surface area contributed by atoms with Crippen LogP contribution in [-0.2, 0) is 17.6 Å². The van der Waals surface area contributed by atoms with Crippen LogP contribution in [0.4, 0.5) is 0 Å². The van der Waals surface area contributed by atoms with Crippen molar-refractivity contribution in [3.05, 3.63) is 33.3 Å². The third kappa shape index (κ3) is 2.99. The van der Waals surface area contributed by atoms with Gasteiger partial charge in [0.1, 0.15) is 0 Å². The van der Waals surface area contributed by atoms with Crippen molar-refractivity contribution in [2.75, 3.05) is 0 Å². The molecular weight excluding hydrogens is 428 g/mol. The van der Waals surface area contributed by atoms with Gasteiger partial charge in [-0.05, 0) is 48.4 Å². The summed E-state index contributed by atoms with van der Waals surface area (Å²) < 4.78 is 1.08. The molecule has 2 atom stereocenters. The highest BCUT2D eigenvalue weighted by Crippen LogP contribution is 2.37. The number of carboxylic acids is 1. The summed E-state index contributed by atoms with van der Waals surface area (Å²) in [5.41, 5.74) is 3.66. The molecule has 1 aromatic carbocycles. The number of fused-ring (bicyclic) bond motifs is 1. The van der Waals surface area contributed by atoms with E-state index in [-0.39, 0.29) is 4.83 Å². The van der Waals surface area contributed by atoms with E-state index in [2.05, 4.69) is 53.9 Å². The molecule has 0 spiro atoms. The number of benzene rings is 1. The van der Waals surface area contributed by atoms with Crippen molar-refractivity contribution < 1.29 is 9.90 Å². The van der Waals surface area contributed by atoms with E-state index in [4.69, 9.17) is 0 Å². The first kappa shape index (κ1) is 14.5. The maximum atomic E-state index is 10.9. The summed E-state index contributed by atoms with van der Waals surface area (Å²) in [6.07, 6.45) is 4.60. The summed E-state index contributed by atoms with van der Waals surface area (Å²) in [6.45, 7) is 0. The quantitative estimate of drug-likeness (QED) is 0.678. The Hall–Kier alpha value is 0.130. The molecule has 1 aliphatic carbocycles. The zero-order valence-electron chi connectivity index (χ0n) is 9.59. The molecule has 0 saturated carbocycles. The zero-order chi connectivity index (χ0) is 13.3. The Balaban J connectivity index is 2.35. The molecule has 5 heteroatoms. The highest BCUT2D eigenvalue weighted by atomic mass is 79.9. The number of halogens is 3. The lowest BCUT2D eigenvalue weighted by Crippen LogP contribution is -2.34. The van der Waals surface area contributed by atoms with Crippen LogP contribution < -0.4 is 5.11 Å². The number of aryl methyl sites for hydroxylation is 1. The first-order chi connectivity index (χ1) is 8.50. The summed E-state index contributed by atoms with van der Waals surface area (Å²) in [4.78, 5) is 9.87. The summed E-state index contributed by atoms with van der Waals surface area (Å²) in [5.74, 6) is -1.11. The second-order valence-electron chi connectivity index (χ2n) is 4.47. The van der Waals surface area contributed by atoms with Gasteiger partial charge in [0.25, 0.3) is 0 Å². The highest BCUT2D eigenvalue weighted by molar-refractivity contribution is 9.12. The Kier molecular flexibility index (Phi) is 4.89. The molecule has 98 valence electrons. The fraction of sp³-hybridized carbons (Fsp3) is 0.462. The second kappa shape index (κ2) is 6.06. The van der Waals surface area contributed by atoms with Crippen LogP contribution in [0.15, 0.2) is 16.6 Å². The first-order valence-electron chi connectivity index (χ1n) is 5.81. The third-order valence-corrected chi connectivity index (χ3v) is 6.61. The lowest BCUT2D eigenvalue weighted by Gasteiger charge is -2.23. The Labute approximate surface area is 132 Å². The van der Waals surface area contributed by atoms with Crippen LogP contribution in [0.5, 0.6) is 0 Å². The predicted molar refractivity (Wildman–Crippen MR) is 80.2 cm³/mol. The maximum absolute atomic E-state index is 10.9. The smallest absolute Gasteiger partial charge is 0.0707 e. The number of alkyl halides is 2. The van der Waals surface area contributed by atoms with Crippen molar-refractivity contribution in [1.29, 1.82) is 0 Å². The lowest BCUT2D eigenvalue weighted by molar-refractivity contribution is -0.304. The number of carbonyl (C=O) groups excluding carboxylic acids is 1. The molecule has 0 N–H and O–H groups in total. The Morgan fingerprint density at radius 1 is 1.22 bits per heavy atom. The fourth-order valence-corrected chi connectivity index (χ4v) is 3.79. The van der Waals surface area contributed by atoms with Crippen molar-refractivity contribution in [3.63, 3.8) is 0 Å². The zero-order valence-corrected chi connectivity index (χ0v) is 14.3. The van der Waals surface area contributed by atoms with Crippen LogP contribution in [0, 0.1) is 0 Å². The lowest BCUT2D eigenvalue weighted by atomic mass is 9.89. The van der Waals surface area contributed by atoms with Gasteiger partial charge in [-0.2, -0.15) is 0 Å². The number of rotatable bonds is 3. The molecule has 0 radical (unpaired) electrons. The molecule has 2 unspecified atom stereocenters. The van der Waals surface area contributed by atoms with Gasteiger partial charge in [-0.25, -0.2) is 0 Å². The highest BCUT2D eigenvalue weighted by Gasteiger charge is 2.22. The Morgan fingerprint density at radius 2 is 1.89 bits per heavy atom. The van der Waals surface area contributed by atoms with E-state index in [1.165, 1.54) is 24.0 Å². The molecule has 0 fully saturated rings. The largest absolute Gasteiger partial charge is 0.549 e. The van der Waals surface area contributed by atoms with Gasteiger partial charge in [0.15, 0.2) is 0 Å². The molecule has 0 aliphatic heterocycles. The van der Waals surface area contributed by atoms with Crippen LogP contribution in [-0.4, -0.2) is 10.8 Å². The Morgan fingerprint density at radius 3 is 2.56 bits per heavy atom. The average molecular weight is 440 g/mol. The van der Waals surface area contributed by atoms with Crippen LogP contribution in [0.25, 0.3) is 0 Å². The molecule has 0 aromatic heterocycles. The summed E-state index contributed by atoms with van der Waals surface area (Å²) in [6, 6.07) is 4.11. The van der Waals surface area contributed by atoms with Crippen LogP contribution in [0.3, 0.4) is 0 Å². The van der Waals surface area contributed by atoms with E-state index < -0.39 is 10.8 Å². The number of hydrogen-bond acceptors (Lipinski definition) is 2. The van der Waals surface area contributed by atoms with Crippen molar-refractivity contribution in [2.45, 2.75) is 35.3 Å². The predicted octanol–water partition coefficient (Wildman–Crippen LogP) is 3.28. The van der Waals surface area contributed by atoms with Crippen molar-refractivity contribution in [3.8, 4) is 0 Å². The normalized spacial score (nSPS) is 17.9. The molecular formula is C13H12Br3O2-. The van der Waals surface area contributed by atoms with Crippen molar-refractivity contribution in [2.24, 2.45) is 0 Å². The standard InChI is InChI=1S/C13H13Br3O2/c14-10-6-8(11(15)12(16)13(17)18)5-7-3-1-2-4-9(7)10/h5-6,11-12H,1-4H2,(H,17,18)/p-1. The topological polar surface area (TPSA) is 40.1 Å². The number of carboxylic acid groups (broad SMARTS) is 1. The summed E-state index contributed by atoms with van der Waals surface area (Å²) in [5, 5.41) is 10.9. The molecule has 2 nitrogen and oxygen atoms in total. The molecule has 18 heavy (non-hydrogen) atoms. The first-order valence-corrected chi connectivity index (χ1v) is 8.43. The number of hydrogen-bond donors (Lipinski definition) is 0. The monoisotopic (exact) mass is 437 g/mol. The van der Waals surface area contributed by atoms with Gasteiger partial charge in [0.05, 0.1) is 15.6 Å². The van der Waals surface area contributed by atoms with Crippen molar-refractivity contribution >= 4 is 53.8 Å². The molecule has 1 aromatic rings. The molecule has 1 aliphatic rings. The third-order valence-electron chi connectivity index (χ3n) is 3.23. The van der Waals surface area contributed by atoms with Gasteiger partial charge in [-0.1, -0.05) is 53.9 Å². The number of carbonyl (C=O) groups is 1. The second-order valence-corrected chi connectivity index (χ2v) is 7.30.